The lowest BCUT2D eigenvalue weighted by molar-refractivity contribution is -0.385. The summed E-state index contributed by atoms with van der Waals surface area (Å²) in [4.78, 5) is 23.5. The molecule has 0 aromatic heterocycles. The molecule has 0 aliphatic carbocycles. The number of nitrogens with zero attached hydrogens (tertiary/aromatic N) is 3. The molecule has 0 bridgehead atoms. The van der Waals surface area contributed by atoms with Crippen molar-refractivity contribution in [2.75, 3.05) is 13.1 Å². The van der Waals surface area contributed by atoms with Crippen molar-refractivity contribution in [2.24, 2.45) is 11.1 Å². The van der Waals surface area contributed by atoms with E-state index in [-0.39, 0.29) is 11.5 Å². The van der Waals surface area contributed by atoms with Gasteiger partial charge in [-0.25, -0.2) is 4.39 Å². The van der Waals surface area contributed by atoms with Crippen molar-refractivity contribution in [3.63, 3.8) is 0 Å². The molecule has 1 saturated heterocycles. The summed E-state index contributed by atoms with van der Waals surface area (Å²) in [6.45, 7) is 2.44. The Morgan fingerprint density at radius 1 is 1.57 bits per heavy atom. The monoisotopic (exact) mass is 295 g/mol. The van der Waals surface area contributed by atoms with E-state index in [1.807, 2.05) is 0 Å². The third-order valence-electron chi connectivity index (χ3n) is 3.51. The van der Waals surface area contributed by atoms with Crippen LogP contribution in [0.25, 0.3) is 0 Å². The molecule has 0 spiro atoms. The van der Waals surface area contributed by atoms with Gasteiger partial charge in [0.05, 0.1) is 22.3 Å². The van der Waals surface area contributed by atoms with Crippen molar-refractivity contribution in [1.29, 1.82) is 0 Å². The summed E-state index contributed by atoms with van der Waals surface area (Å²) in [5, 5.41) is 22.5. The van der Waals surface area contributed by atoms with Crippen molar-refractivity contribution < 1.29 is 19.3 Å². The number of amides is 1. The van der Waals surface area contributed by atoms with E-state index in [0.29, 0.717) is 25.2 Å². The van der Waals surface area contributed by atoms with Gasteiger partial charge in [0.2, 0.25) is 0 Å². The van der Waals surface area contributed by atoms with Gasteiger partial charge in [0.1, 0.15) is 5.82 Å². The van der Waals surface area contributed by atoms with E-state index in [2.05, 4.69) is 5.16 Å². The Balaban J connectivity index is 2.19. The minimum absolute atomic E-state index is 0.117. The molecule has 8 heteroatoms. The van der Waals surface area contributed by atoms with Gasteiger partial charge in [-0.15, -0.1) is 0 Å². The van der Waals surface area contributed by atoms with E-state index in [1.54, 1.807) is 6.92 Å². The van der Waals surface area contributed by atoms with Crippen LogP contribution in [-0.2, 0) is 0 Å². The van der Waals surface area contributed by atoms with Crippen LogP contribution in [0.15, 0.2) is 23.4 Å². The number of rotatable bonds is 2. The van der Waals surface area contributed by atoms with Crippen LogP contribution in [-0.4, -0.2) is 39.7 Å². The fraction of sp³-hybridized carbons (Fsp3) is 0.385. The number of non-ortho nitro benzene ring substituents is 1. The summed E-state index contributed by atoms with van der Waals surface area (Å²) in [5.41, 5.74) is 0.00571. The Morgan fingerprint density at radius 2 is 2.29 bits per heavy atom. The largest absolute Gasteiger partial charge is 0.411 e. The van der Waals surface area contributed by atoms with Gasteiger partial charge in [-0.3, -0.25) is 14.9 Å². The number of piperidine rings is 1. The number of oxime groups is 1. The first-order valence-electron chi connectivity index (χ1n) is 6.38. The highest BCUT2D eigenvalue weighted by molar-refractivity contribution is 5.96. The zero-order valence-corrected chi connectivity index (χ0v) is 11.3. The minimum Gasteiger partial charge on any atom is -0.411 e. The van der Waals surface area contributed by atoms with E-state index in [0.717, 1.165) is 18.2 Å². The van der Waals surface area contributed by atoms with E-state index in [1.165, 1.54) is 4.90 Å². The summed E-state index contributed by atoms with van der Waals surface area (Å²) in [5.74, 6) is -1.55. The predicted molar refractivity (Wildman–Crippen MR) is 72.0 cm³/mol. The smallest absolute Gasteiger partial charge is 0.272 e. The first kappa shape index (κ1) is 14.9. The molecule has 1 aliphatic rings. The molecular formula is C13H14FN3O4. The molecule has 1 aliphatic heterocycles. The number of carbonyl (C=O) groups excluding carboxylic acids is 1. The summed E-state index contributed by atoms with van der Waals surface area (Å²) in [6.07, 6.45) is 0.415. The van der Waals surface area contributed by atoms with Crippen molar-refractivity contribution in [3.8, 4) is 0 Å². The van der Waals surface area contributed by atoms with Crippen molar-refractivity contribution in [3.05, 3.63) is 39.7 Å². The van der Waals surface area contributed by atoms with E-state index >= 15 is 0 Å². The third-order valence-corrected chi connectivity index (χ3v) is 3.51. The molecule has 1 atom stereocenters. The quantitative estimate of drug-likeness (QED) is 0.513. The number of hydrogen-bond donors (Lipinski definition) is 1. The molecule has 2 rings (SSSR count). The summed E-state index contributed by atoms with van der Waals surface area (Å²) in [7, 11) is 0. The van der Waals surface area contributed by atoms with Crippen molar-refractivity contribution in [2.45, 2.75) is 13.3 Å². The summed E-state index contributed by atoms with van der Waals surface area (Å²) < 4.78 is 13.8. The average Bonchev–Trinajstić information content (AvgIpc) is 2.46. The second-order valence-corrected chi connectivity index (χ2v) is 4.91. The number of hydrogen-bond acceptors (Lipinski definition) is 5. The maximum atomic E-state index is 13.8. The van der Waals surface area contributed by atoms with Gasteiger partial charge in [-0.1, -0.05) is 12.1 Å². The first-order valence-corrected chi connectivity index (χ1v) is 6.38. The summed E-state index contributed by atoms with van der Waals surface area (Å²) in [6, 6.07) is 2.96. The second kappa shape index (κ2) is 5.86. The topological polar surface area (TPSA) is 96.0 Å². The minimum atomic E-state index is -0.913. The fourth-order valence-corrected chi connectivity index (χ4v) is 2.32. The highest BCUT2D eigenvalue weighted by Crippen LogP contribution is 2.21. The van der Waals surface area contributed by atoms with Gasteiger partial charge >= 0.3 is 0 Å². The maximum Gasteiger partial charge on any atom is 0.272 e. The molecule has 0 saturated carbocycles. The molecule has 1 unspecified atom stereocenters. The highest BCUT2D eigenvalue weighted by atomic mass is 19.1. The summed E-state index contributed by atoms with van der Waals surface area (Å²) >= 11 is 0. The van der Waals surface area contributed by atoms with Gasteiger partial charge in [-0.05, 0) is 6.07 Å². The van der Waals surface area contributed by atoms with E-state index < -0.39 is 22.3 Å². The van der Waals surface area contributed by atoms with Crippen LogP contribution in [0.2, 0.25) is 0 Å². The van der Waals surface area contributed by atoms with Crippen molar-refractivity contribution >= 4 is 17.3 Å². The fourth-order valence-electron chi connectivity index (χ4n) is 2.32. The number of halogens is 1. The van der Waals surface area contributed by atoms with Crippen LogP contribution < -0.4 is 0 Å². The lowest BCUT2D eigenvalue weighted by atomic mass is 9.97. The van der Waals surface area contributed by atoms with Gasteiger partial charge < -0.3 is 10.1 Å². The molecule has 1 fully saturated rings. The molecular weight excluding hydrogens is 281 g/mol. The van der Waals surface area contributed by atoms with Crippen LogP contribution in [0.4, 0.5) is 10.1 Å². The highest BCUT2D eigenvalue weighted by Gasteiger charge is 2.28. The molecule has 7 nitrogen and oxygen atoms in total. The Kier molecular flexibility index (Phi) is 4.15. The molecule has 1 N–H and O–H groups in total. The van der Waals surface area contributed by atoms with Crippen LogP contribution in [0.3, 0.4) is 0 Å². The molecule has 0 radical (unpaired) electrons. The molecule has 21 heavy (non-hydrogen) atoms. The van der Waals surface area contributed by atoms with E-state index in [9.17, 15) is 19.3 Å². The SMILES string of the molecule is CC1CN(C(=O)c2ccc([N+](=O)[O-])cc2F)CC/C1=N\O. The average molecular weight is 295 g/mol. The number of nitro groups is 1. The Hall–Kier alpha value is -2.51. The second-order valence-electron chi connectivity index (χ2n) is 4.91. The zero-order valence-electron chi connectivity index (χ0n) is 11.3. The Bertz CT molecular complexity index is 617. The zero-order chi connectivity index (χ0) is 15.6. The Labute approximate surface area is 119 Å². The van der Waals surface area contributed by atoms with Crippen LogP contribution in [0.5, 0.6) is 0 Å². The van der Waals surface area contributed by atoms with Gasteiger partial charge in [0.25, 0.3) is 11.6 Å². The van der Waals surface area contributed by atoms with Crippen LogP contribution in [0, 0.1) is 21.8 Å². The van der Waals surface area contributed by atoms with Gasteiger partial charge in [-0.2, -0.15) is 0 Å². The number of likely N-dealkylation sites (tertiary alicyclic amines) is 1. The van der Waals surface area contributed by atoms with Crippen molar-refractivity contribution in [1.82, 2.24) is 4.90 Å². The lowest BCUT2D eigenvalue weighted by Gasteiger charge is -2.31. The van der Waals surface area contributed by atoms with Crippen LogP contribution >= 0.6 is 0 Å². The normalized spacial score (nSPS) is 20.6. The lowest BCUT2D eigenvalue weighted by Crippen LogP contribution is -2.43. The molecule has 1 aromatic carbocycles. The maximum absolute atomic E-state index is 13.8. The Morgan fingerprint density at radius 3 is 2.81 bits per heavy atom. The number of nitro benzene ring substituents is 1. The van der Waals surface area contributed by atoms with Crippen LogP contribution in [0.1, 0.15) is 23.7 Å². The molecule has 1 heterocycles. The predicted octanol–water partition coefficient (Wildman–Crippen LogP) is 2.05. The standard InChI is InChI=1S/C13H14FN3O4/c1-8-7-16(5-4-12(8)15-19)13(18)10-3-2-9(17(20)21)6-11(10)14/h2-3,6,8,19H,4-5,7H2,1H3/b15-12+. The molecule has 1 aromatic rings. The first-order chi connectivity index (χ1) is 9.93. The van der Waals surface area contributed by atoms with E-state index in [4.69, 9.17) is 5.21 Å². The number of benzene rings is 1. The van der Waals surface area contributed by atoms with Gasteiger partial charge in [0.15, 0.2) is 0 Å². The van der Waals surface area contributed by atoms with Gasteiger partial charge in [0, 0.05) is 31.5 Å². The molecule has 112 valence electrons. The molecule has 1 amide bonds. The number of carbonyl (C=O) groups is 1. The third kappa shape index (κ3) is 2.99.